The van der Waals surface area contributed by atoms with Gasteiger partial charge in [-0.1, -0.05) is 58.4 Å². The molecule has 0 saturated carbocycles. The van der Waals surface area contributed by atoms with Crippen molar-refractivity contribution in [3.05, 3.63) is 70.2 Å². The van der Waals surface area contributed by atoms with E-state index < -0.39 is 35.7 Å². The van der Waals surface area contributed by atoms with Crippen LogP contribution in [0.1, 0.15) is 22.0 Å². The number of ketones is 1. The van der Waals surface area contributed by atoms with E-state index in [0.29, 0.717) is 4.47 Å². The molecule has 0 aliphatic carbocycles. The second-order valence-electron chi connectivity index (χ2n) is 6.10. The summed E-state index contributed by atoms with van der Waals surface area (Å²) in [6.07, 6.45) is -5.27. The third-order valence-corrected chi connectivity index (χ3v) is 4.90. The number of carbonyl (C=O) groups excluding carboxylic acids is 2. The Bertz CT molecular complexity index is 858. The van der Waals surface area contributed by atoms with Crippen molar-refractivity contribution < 1.29 is 27.9 Å². The summed E-state index contributed by atoms with van der Waals surface area (Å²) in [5.41, 5.74) is -3.48. The van der Waals surface area contributed by atoms with Crippen LogP contribution in [0.3, 0.4) is 0 Å². The molecule has 1 aliphatic rings. The van der Waals surface area contributed by atoms with Crippen molar-refractivity contribution in [3.63, 3.8) is 0 Å². The molecule has 2 aromatic rings. The van der Waals surface area contributed by atoms with E-state index in [9.17, 15) is 27.9 Å². The molecule has 0 bridgehead atoms. The van der Waals surface area contributed by atoms with Crippen molar-refractivity contribution in [3.8, 4) is 0 Å². The number of urea groups is 1. The molecule has 1 aliphatic heterocycles. The Kier molecular flexibility index (Phi) is 5.00. The summed E-state index contributed by atoms with van der Waals surface area (Å²) >= 11 is 3.22. The smallest absolute Gasteiger partial charge is 0.363 e. The van der Waals surface area contributed by atoms with E-state index in [1.807, 2.05) is 0 Å². The van der Waals surface area contributed by atoms with Gasteiger partial charge in [0.05, 0.1) is 6.04 Å². The van der Waals surface area contributed by atoms with Crippen LogP contribution in [0.25, 0.3) is 0 Å². The number of rotatable bonds is 3. The average molecular weight is 443 g/mol. The summed E-state index contributed by atoms with van der Waals surface area (Å²) < 4.78 is 41.8. The number of amides is 2. The minimum Gasteiger partial charge on any atom is -0.363 e. The van der Waals surface area contributed by atoms with Gasteiger partial charge < -0.3 is 15.7 Å². The molecule has 0 aromatic heterocycles. The second-order valence-corrected chi connectivity index (χ2v) is 7.02. The summed E-state index contributed by atoms with van der Waals surface area (Å²) in [6.45, 7) is 0. The zero-order valence-electron chi connectivity index (χ0n) is 13.6. The van der Waals surface area contributed by atoms with Crippen molar-refractivity contribution >= 4 is 27.7 Å². The first kappa shape index (κ1) is 19.4. The average Bonchev–Trinajstić information content (AvgIpc) is 2.61. The molecule has 5 nitrogen and oxygen atoms in total. The number of benzene rings is 2. The van der Waals surface area contributed by atoms with Crippen LogP contribution in [0.15, 0.2) is 59.1 Å². The van der Waals surface area contributed by atoms with Crippen molar-refractivity contribution in [1.82, 2.24) is 10.6 Å². The fourth-order valence-corrected chi connectivity index (χ4v) is 3.33. The Morgan fingerprint density at radius 2 is 1.67 bits per heavy atom. The van der Waals surface area contributed by atoms with E-state index >= 15 is 0 Å². The highest BCUT2D eigenvalue weighted by Gasteiger charge is 2.66. The van der Waals surface area contributed by atoms with Gasteiger partial charge in [0.15, 0.2) is 5.78 Å². The van der Waals surface area contributed by atoms with Crippen LogP contribution in [0.2, 0.25) is 0 Å². The van der Waals surface area contributed by atoms with Gasteiger partial charge in [-0.15, -0.1) is 0 Å². The highest BCUT2D eigenvalue weighted by atomic mass is 79.9. The molecule has 1 saturated heterocycles. The minimum absolute atomic E-state index is 0.00904. The summed E-state index contributed by atoms with van der Waals surface area (Å²) in [5, 5.41) is 14.3. The standard InChI is InChI=1S/C18H14BrF3N2O3/c19-12-8-6-10(7-9-12)14-13(15(25)11-4-2-1-3-5-11)17(27,18(20,21)22)24-16(26)23-14/h1-9,13-14,27H,(H2,23,24,26)/t13-,14+,17+/m1/s1. The van der Waals surface area contributed by atoms with Crippen LogP contribution in [-0.2, 0) is 0 Å². The van der Waals surface area contributed by atoms with Crippen LogP contribution in [0.4, 0.5) is 18.0 Å². The first-order valence-corrected chi connectivity index (χ1v) is 8.65. The van der Waals surface area contributed by atoms with Crippen molar-refractivity contribution in [2.45, 2.75) is 17.9 Å². The molecule has 9 heteroatoms. The number of nitrogens with one attached hydrogen (secondary N) is 2. The van der Waals surface area contributed by atoms with Crippen LogP contribution in [0.5, 0.6) is 0 Å². The number of halogens is 4. The summed E-state index contributed by atoms with van der Waals surface area (Å²) in [4.78, 5) is 24.8. The number of aliphatic hydroxyl groups is 1. The van der Waals surface area contributed by atoms with Gasteiger partial charge in [0.25, 0.3) is 0 Å². The van der Waals surface area contributed by atoms with Gasteiger partial charge in [0.2, 0.25) is 5.72 Å². The molecule has 0 radical (unpaired) electrons. The maximum atomic E-state index is 13.7. The molecule has 0 spiro atoms. The Balaban J connectivity index is 2.15. The van der Waals surface area contributed by atoms with Crippen LogP contribution >= 0.6 is 15.9 Å². The molecular weight excluding hydrogens is 429 g/mol. The van der Waals surface area contributed by atoms with E-state index in [4.69, 9.17) is 0 Å². The molecule has 3 N–H and O–H groups in total. The molecule has 0 unspecified atom stereocenters. The summed E-state index contributed by atoms with van der Waals surface area (Å²) in [5.74, 6) is -2.98. The molecule has 3 rings (SSSR count). The molecular formula is C18H14BrF3N2O3. The fourth-order valence-electron chi connectivity index (χ4n) is 3.07. The second kappa shape index (κ2) is 6.97. The lowest BCUT2D eigenvalue weighted by molar-refractivity contribution is -0.287. The molecule has 3 atom stereocenters. The van der Waals surface area contributed by atoms with E-state index in [1.54, 1.807) is 18.2 Å². The van der Waals surface area contributed by atoms with Crippen molar-refractivity contribution in [1.29, 1.82) is 0 Å². The monoisotopic (exact) mass is 442 g/mol. The third-order valence-electron chi connectivity index (χ3n) is 4.38. The maximum Gasteiger partial charge on any atom is 0.437 e. The van der Waals surface area contributed by atoms with Gasteiger partial charge in [-0.2, -0.15) is 13.2 Å². The first-order chi connectivity index (χ1) is 12.6. The Morgan fingerprint density at radius 3 is 2.22 bits per heavy atom. The predicted molar refractivity (Wildman–Crippen MR) is 93.8 cm³/mol. The molecule has 27 heavy (non-hydrogen) atoms. The fraction of sp³-hybridized carbons (Fsp3) is 0.222. The Morgan fingerprint density at radius 1 is 1.07 bits per heavy atom. The first-order valence-electron chi connectivity index (χ1n) is 7.86. The van der Waals surface area contributed by atoms with E-state index in [2.05, 4.69) is 21.2 Å². The summed E-state index contributed by atoms with van der Waals surface area (Å²) in [6, 6.07) is 10.8. The van der Waals surface area contributed by atoms with E-state index in [-0.39, 0.29) is 11.1 Å². The number of alkyl halides is 3. The minimum atomic E-state index is -5.27. The third kappa shape index (κ3) is 3.57. The summed E-state index contributed by atoms with van der Waals surface area (Å²) in [7, 11) is 0. The quantitative estimate of drug-likeness (QED) is 0.636. The largest absolute Gasteiger partial charge is 0.437 e. The van der Waals surface area contributed by atoms with Crippen LogP contribution < -0.4 is 10.6 Å². The maximum absolute atomic E-state index is 13.7. The van der Waals surface area contributed by atoms with Gasteiger partial charge in [-0.05, 0) is 17.7 Å². The lowest BCUT2D eigenvalue weighted by atomic mass is 9.77. The van der Waals surface area contributed by atoms with Crippen LogP contribution in [0, 0.1) is 5.92 Å². The number of hydrogen-bond donors (Lipinski definition) is 3. The molecule has 2 amide bonds. The Labute approximate surface area is 160 Å². The number of hydrogen-bond acceptors (Lipinski definition) is 3. The van der Waals surface area contributed by atoms with Gasteiger partial charge in [0.1, 0.15) is 5.92 Å². The lowest BCUT2D eigenvalue weighted by Crippen LogP contribution is -2.72. The molecule has 1 heterocycles. The van der Waals surface area contributed by atoms with Crippen molar-refractivity contribution in [2.75, 3.05) is 0 Å². The molecule has 1 fully saturated rings. The molecule has 142 valence electrons. The highest BCUT2D eigenvalue weighted by Crippen LogP contribution is 2.44. The van der Waals surface area contributed by atoms with Gasteiger partial charge in [-0.25, -0.2) is 4.79 Å². The van der Waals surface area contributed by atoms with Gasteiger partial charge >= 0.3 is 12.2 Å². The van der Waals surface area contributed by atoms with Gasteiger partial charge in [-0.3, -0.25) is 4.79 Å². The number of carbonyl (C=O) groups is 2. The van der Waals surface area contributed by atoms with Crippen molar-refractivity contribution in [2.24, 2.45) is 5.92 Å². The Hall–Kier alpha value is -2.39. The van der Waals surface area contributed by atoms with E-state index in [1.165, 1.54) is 41.7 Å². The number of Topliss-reactive ketones (excluding diaryl/α,β-unsaturated/α-hetero) is 1. The lowest BCUT2D eigenvalue weighted by Gasteiger charge is -2.45. The van der Waals surface area contributed by atoms with E-state index in [0.717, 1.165) is 0 Å². The van der Waals surface area contributed by atoms with Crippen LogP contribution in [-0.4, -0.2) is 28.8 Å². The zero-order chi connectivity index (χ0) is 19.8. The highest BCUT2D eigenvalue weighted by molar-refractivity contribution is 9.10. The normalized spacial score (nSPS) is 25.4. The topological polar surface area (TPSA) is 78.4 Å². The van der Waals surface area contributed by atoms with Gasteiger partial charge in [0, 0.05) is 10.0 Å². The SMILES string of the molecule is O=C1N[C@@H](c2ccc(Br)cc2)[C@H](C(=O)c2ccccc2)[C@](O)(C(F)(F)F)N1. The molecule has 2 aromatic carbocycles. The predicted octanol–water partition coefficient (Wildman–Crippen LogP) is 3.55. The zero-order valence-corrected chi connectivity index (χ0v) is 15.2.